The van der Waals surface area contributed by atoms with Gasteiger partial charge in [-0.3, -0.25) is 9.69 Å². The normalized spacial score (nSPS) is 16.1. The summed E-state index contributed by atoms with van der Waals surface area (Å²) in [5.41, 5.74) is 2.94. The zero-order valence-electron chi connectivity index (χ0n) is 18.8. The van der Waals surface area contributed by atoms with Crippen LogP contribution in [0.3, 0.4) is 0 Å². The van der Waals surface area contributed by atoms with Gasteiger partial charge in [-0.05, 0) is 55.8 Å². The minimum atomic E-state index is -4.24. The first kappa shape index (κ1) is 23.3. The topological polar surface area (TPSA) is 101 Å². The van der Waals surface area contributed by atoms with Crippen molar-refractivity contribution in [1.29, 1.82) is 0 Å². The van der Waals surface area contributed by atoms with Gasteiger partial charge in [0.05, 0.1) is 17.6 Å². The number of esters is 1. The van der Waals surface area contributed by atoms with Crippen LogP contribution in [0.15, 0.2) is 88.4 Å². The van der Waals surface area contributed by atoms with Crippen molar-refractivity contribution in [3.05, 3.63) is 106 Å². The zero-order chi connectivity index (χ0) is 24.6. The standard InChI is InChI=1S/C26H23NO6S/c1-16-4-12-20(13-5-16)27-22(18-8-10-19(11-9-18)26(30)33-3)24(23(28)25(27)29)34(31,32)21-14-6-17(2)7-15-21/h4-15,22,28H,1-3H3/t22-/m1/s1. The fourth-order valence-corrected chi connectivity index (χ4v) is 5.52. The molecule has 0 fully saturated rings. The van der Waals surface area contributed by atoms with Gasteiger partial charge in [-0.25, -0.2) is 13.2 Å². The van der Waals surface area contributed by atoms with Gasteiger partial charge in [-0.15, -0.1) is 0 Å². The van der Waals surface area contributed by atoms with Crippen molar-refractivity contribution < 1.29 is 27.9 Å². The number of hydrogen-bond acceptors (Lipinski definition) is 6. The van der Waals surface area contributed by atoms with Crippen LogP contribution < -0.4 is 4.90 Å². The highest BCUT2D eigenvalue weighted by Gasteiger charge is 2.47. The van der Waals surface area contributed by atoms with E-state index in [9.17, 15) is 23.1 Å². The first-order valence-electron chi connectivity index (χ1n) is 10.5. The largest absolute Gasteiger partial charge is 0.502 e. The van der Waals surface area contributed by atoms with Crippen molar-refractivity contribution >= 4 is 27.4 Å². The van der Waals surface area contributed by atoms with E-state index in [0.29, 0.717) is 11.3 Å². The summed E-state index contributed by atoms with van der Waals surface area (Å²) in [5.74, 6) is -2.20. The summed E-state index contributed by atoms with van der Waals surface area (Å²) in [7, 11) is -2.98. The molecule has 3 aromatic rings. The average Bonchev–Trinajstić information content (AvgIpc) is 3.10. The van der Waals surface area contributed by atoms with Gasteiger partial charge < -0.3 is 9.84 Å². The molecule has 8 heteroatoms. The van der Waals surface area contributed by atoms with Gasteiger partial charge in [0.15, 0.2) is 5.76 Å². The lowest BCUT2D eigenvalue weighted by Crippen LogP contribution is -2.31. The lowest BCUT2D eigenvalue weighted by molar-refractivity contribution is -0.117. The van der Waals surface area contributed by atoms with Crippen LogP contribution in [-0.2, 0) is 19.4 Å². The number of carbonyl (C=O) groups excluding carboxylic acids is 2. The van der Waals surface area contributed by atoms with E-state index < -0.39 is 38.4 Å². The summed E-state index contributed by atoms with van der Waals surface area (Å²) >= 11 is 0. The third-order valence-electron chi connectivity index (χ3n) is 5.74. The Morgan fingerprint density at radius 3 is 1.94 bits per heavy atom. The predicted molar refractivity (Wildman–Crippen MR) is 127 cm³/mol. The van der Waals surface area contributed by atoms with Crippen LogP contribution >= 0.6 is 0 Å². The molecule has 174 valence electrons. The molecule has 1 aliphatic rings. The molecule has 3 aromatic carbocycles. The van der Waals surface area contributed by atoms with Gasteiger partial charge in [0.1, 0.15) is 10.9 Å². The molecule has 1 atom stereocenters. The van der Waals surface area contributed by atoms with Gasteiger partial charge in [0.2, 0.25) is 9.84 Å². The molecule has 0 aromatic heterocycles. The highest BCUT2D eigenvalue weighted by atomic mass is 32.2. The Hall–Kier alpha value is -3.91. The van der Waals surface area contributed by atoms with Crippen LogP contribution in [-0.4, -0.2) is 32.5 Å². The number of aliphatic hydroxyl groups is 1. The highest BCUT2D eigenvalue weighted by molar-refractivity contribution is 7.95. The number of carbonyl (C=O) groups is 2. The van der Waals surface area contributed by atoms with E-state index in [1.165, 1.54) is 36.3 Å². The van der Waals surface area contributed by atoms with E-state index in [0.717, 1.165) is 11.1 Å². The molecule has 1 heterocycles. The summed E-state index contributed by atoms with van der Waals surface area (Å²) in [5, 5.41) is 10.8. The van der Waals surface area contributed by atoms with Crippen molar-refractivity contribution in [2.45, 2.75) is 24.8 Å². The van der Waals surface area contributed by atoms with Crippen LogP contribution in [0.4, 0.5) is 5.69 Å². The van der Waals surface area contributed by atoms with Crippen molar-refractivity contribution in [1.82, 2.24) is 0 Å². The molecule has 0 unspecified atom stereocenters. The number of aryl methyl sites for hydroxylation is 2. The van der Waals surface area contributed by atoms with Crippen molar-refractivity contribution in [3.63, 3.8) is 0 Å². The number of rotatable bonds is 5. The Labute approximate surface area is 197 Å². The lowest BCUT2D eigenvalue weighted by atomic mass is 10.0. The number of benzene rings is 3. The second-order valence-electron chi connectivity index (χ2n) is 8.06. The Bertz CT molecular complexity index is 1390. The van der Waals surface area contributed by atoms with Crippen molar-refractivity contribution in [3.8, 4) is 0 Å². The molecule has 34 heavy (non-hydrogen) atoms. The zero-order valence-corrected chi connectivity index (χ0v) is 19.7. The number of hydrogen-bond donors (Lipinski definition) is 1. The first-order valence-corrected chi connectivity index (χ1v) is 12.0. The molecule has 7 nitrogen and oxygen atoms in total. The van der Waals surface area contributed by atoms with E-state index in [1.54, 1.807) is 48.5 Å². The molecule has 0 saturated heterocycles. The van der Waals surface area contributed by atoms with E-state index in [-0.39, 0.29) is 10.5 Å². The molecule has 0 radical (unpaired) electrons. The summed E-state index contributed by atoms with van der Waals surface area (Å²) in [4.78, 5) is 25.9. The third kappa shape index (κ3) is 3.97. The van der Waals surface area contributed by atoms with Gasteiger partial charge in [0.25, 0.3) is 5.91 Å². The van der Waals surface area contributed by atoms with Crippen LogP contribution in [0.5, 0.6) is 0 Å². The van der Waals surface area contributed by atoms with E-state index in [1.807, 2.05) is 13.8 Å². The summed E-state index contributed by atoms with van der Waals surface area (Å²) in [6, 6.07) is 18.1. The summed E-state index contributed by atoms with van der Waals surface area (Å²) in [6.45, 7) is 3.72. The number of anilines is 1. The lowest BCUT2D eigenvalue weighted by Gasteiger charge is -2.27. The van der Waals surface area contributed by atoms with E-state index >= 15 is 0 Å². The average molecular weight is 478 g/mol. The molecule has 4 rings (SSSR count). The van der Waals surface area contributed by atoms with Gasteiger partial charge in [-0.2, -0.15) is 0 Å². The fourth-order valence-electron chi connectivity index (χ4n) is 3.89. The molecule has 0 bridgehead atoms. The number of amides is 1. The minimum Gasteiger partial charge on any atom is -0.502 e. The first-order chi connectivity index (χ1) is 16.1. The molecule has 1 N–H and O–H groups in total. The third-order valence-corrected chi connectivity index (χ3v) is 7.63. The Kier molecular flexibility index (Phi) is 6.01. The van der Waals surface area contributed by atoms with Crippen LogP contribution in [0, 0.1) is 13.8 Å². The Balaban J connectivity index is 1.91. The highest BCUT2D eigenvalue weighted by Crippen LogP contribution is 2.44. The molecule has 0 spiro atoms. The number of nitrogens with zero attached hydrogens (tertiary/aromatic N) is 1. The predicted octanol–water partition coefficient (Wildman–Crippen LogP) is 4.42. The maximum Gasteiger partial charge on any atom is 0.337 e. The van der Waals surface area contributed by atoms with Crippen LogP contribution in [0.1, 0.15) is 33.1 Å². The molecular formula is C26H23NO6S. The molecule has 1 amide bonds. The number of ether oxygens (including phenoxy) is 1. The van der Waals surface area contributed by atoms with Gasteiger partial charge in [-0.1, -0.05) is 47.5 Å². The van der Waals surface area contributed by atoms with Gasteiger partial charge >= 0.3 is 5.97 Å². The molecule has 1 aliphatic heterocycles. The maximum atomic E-state index is 13.7. The Morgan fingerprint density at radius 2 is 1.41 bits per heavy atom. The fraction of sp³-hybridized carbons (Fsp3) is 0.154. The Morgan fingerprint density at radius 1 is 0.882 bits per heavy atom. The summed E-state index contributed by atoms with van der Waals surface area (Å²) in [6.07, 6.45) is 0. The quantitative estimate of drug-likeness (QED) is 0.546. The molecule has 0 saturated carbocycles. The monoisotopic (exact) mass is 477 g/mol. The SMILES string of the molecule is COC(=O)c1ccc([C@@H]2C(S(=O)(=O)c3ccc(C)cc3)=C(O)C(=O)N2c2ccc(C)cc2)cc1. The smallest absolute Gasteiger partial charge is 0.337 e. The molecule has 0 aliphatic carbocycles. The number of aliphatic hydroxyl groups excluding tert-OH is 1. The number of sulfone groups is 1. The second kappa shape index (κ2) is 8.79. The van der Waals surface area contributed by atoms with E-state index in [4.69, 9.17) is 4.74 Å². The van der Waals surface area contributed by atoms with Crippen LogP contribution in [0.25, 0.3) is 0 Å². The number of methoxy groups -OCH3 is 1. The maximum absolute atomic E-state index is 13.7. The van der Waals surface area contributed by atoms with Crippen molar-refractivity contribution in [2.24, 2.45) is 0 Å². The summed E-state index contributed by atoms with van der Waals surface area (Å²) < 4.78 is 32.1. The van der Waals surface area contributed by atoms with Crippen molar-refractivity contribution in [2.75, 3.05) is 12.0 Å². The van der Waals surface area contributed by atoms with Crippen LogP contribution in [0.2, 0.25) is 0 Å². The second-order valence-corrected chi connectivity index (χ2v) is 9.97. The van der Waals surface area contributed by atoms with Gasteiger partial charge in [0, 0.05) is 5.69 Å². The molecular weight excluding hydrogens is 454 g/mol. The minimum absolute atomic E-state index is 0.0330. The van der Waals surface area contributed by atoms with E-state index in [2.05, 4.69) is 0 Å².